The zero-order chi connectivity index (χ0) is 20.6. The fourth-order valence-corrected chi connectivity index (χ4v) is 4.00. The number of esters is 1. The van der Waals surface area contributed by atoms with Crippen LogP contribution in [-0.4, -0.2) is 30.5 Å². The van der Waals surface area contributed by atoms with E-state index < -0.39 is 36.1 Å². The minimum absolute atomic E-state index is 0.0863. The number of benzene rings is 1. The number of allylic oxidation sites excluding steroid dienone is 3. The van der Waals surface area contributed by atoms with Crippen molar-refractivity contribution in [2.24, 2.45) is 11.7 Å². The molecule has 2 aliphatic carbocycles. The highest BCUT2D eigenvalue weighted by Gasteiger charge is 2.57. The first-order valence-electron chi connectivity index (χ1n) is 9.64. The number of halogens is 3. The molecular weight excluding hydrogens is 367 g/mol. The lowest BCUT2D eigenvalue weighted by Gasteiger charge is -2.39. The number of carbonyl (C=O) groups excluding carboxylic acids is 1. The zero-order valence-electron chi connectivity index (χ0n) is 16.4. The summed E-state index contributed by atoms with van der Waals surface area (Å²) in [6.45, 7) is 5.12. The van der Waals surface area contributed by atoms with Gasteiger partial charge in [0.05, 0.1) is 19.1 Å². The number of alkyl halides is 2. The average molecular weight is 393 g/mol. The van der Waals surface area contributed by atoms with E-state index >= 15 is 13.2 Å². The minimum Gasteiger partial charge on any atom is -0.466 e. The predicted molar refractivity (Wildman–Crippen MR) is 103 cm³/mol. The maximum Gasteiger partial charge on any atom is 0.307 e. The Morgan fingerprint density at radius 1 is 1.29 bits per heavy atom. The van der Waals surface area contributed by atoms with Crippen LogP contribution in [-0.2, 0) is 9.53 Å². The Bertz CT molecular complexity index is 844. The molecule has 2 unspecified atom stereocenters. The summed E-state index contributed by atoms with van der Waals surface area (Å²) in [4.78, 5) is 11.8. The molecule has 3 atom stereocenters. The molecule has 1 aromatic carbocycles. The van der Waals surface area contributed by atoms with E-state index in [0.29, 0.717) is 11.1 Å². The summed E-state index contributed by atoms with van der Waals surface area (Å²) in [6, 6.07) is 5.35. The Labute approximate surface area is 163 Å². The Hall–Kier alpha value is -2.08. The Morgan fingerprint density at radius 2 is 1.93 bits per heavy atom. The minimum atomic E-state index is -3.11. The van der Waals surface area contributed by atoms with Gasteiger partial charge in [-0.25, -0.2) is 13.2 Å². The van der Waals surface area contributed by atoms with E-state index in [2.05, 4.69) is 0 Å². The molecule has 0 aliphatic heterocycles. The van der Waals surface area contributed by atoms with Gasteiger partial charge >= 0.3 is 5.97 Å². The van der Waals surface area contributed by atoms with Crippen LogP contribution in [0.5, 0.6) is 0 Å². The van der Waals surface area contributed by atoms with Gasteiger partial charge in [-0.3, -0.25) is 4.79 Å². The van der Waals surface area contributed by atoms with Crippen molar-refractivity contribution in [2.75, 3.05) is 6.61 Å². The number of nitrogens with two attached hydrogens (primary N) is 1. The molecule has 0 radical (unpaired) electrons. The number of rotatable bonds is 6. The molecule has 3 rings (SSSR count). The van der Waals surface area contributed by atoms with Gasteiger partial charge in [0.15, 0.2) is 6.17 Å². The van der Waals surface area contributed by atoms with Crippen molar-refractivity contribution in [3.63, 3.8) is 0 Å². The van der Waals surface area contributed by atoms with Crippen molar-refractivity contribution in [3.05, 3.63) is 52.4 Å². The van der Waals surface area contributed by atoms with E-state index in [1.807, 2.05) is 0 Å². The van der Waals surface area contributed by atoms with Crippen LogP contribution >= 0.6 is 0 Å². The third kappa shape index (κ3) is 3.39. The van der Waals surface area contributed by atoms with Crippen LogP contribution in [0, 0.1) is 12.8 Å². The van der Waals surface area contributed by atoms with Crippen molar-refractivity contribution in [1.82, 2.24) is 0 Å². The molecule has 2 aliphatic rings. The number of carbonyl (C=O) groups is 1. The second kappa shape index (κ2) is 7.74. The second-order valence-electron chi connectivity index (χ2n) is 7.60. The average Bonchev–Trinajstić information content (AvgIpc) is 3.46. The predicted octanol–water partition coefficient (Wildman–Crippen LogP) is 4.74. The fraction of sp³-hybridized carbons (Fsp3) is 0.500. The summed E-state index contributed by atoms with van der Waals surface area (Å²) in [7, 11) is 0. The third-order valence-corrected chi connectivity index (χ3v) is 5.66. The number of hydrogen-bond donors (Lipinski definition) is 1. The first kappa shape index (κ1) is 20.6. The van der Waals surface area contributed by atoms with E-state index in [-0.39, 0.29) is 23.7 Å². The third-order valence-electron chi connectivity index (χ3n) is 5.66. The first-order chi connectivity index (χ1) is 13.2. The number of ether oxygens (including phenoxy) is 1. The maximum atomic E-state index is 16.1. The van der Waals surface area contributed by atoms with E-state index in [1.165, 1.54) is 0 Å². The Kier molecular flexibility index (Phi) is 5.71. The molecule has 6 heteroatoms. The van der Waals surface area contributed by atoms with E-state index in [9.17, 15) is 4.79 Å². The van der Waals surface area contributed by atoms with Crippen LogP contribution in [0.25, 0.3) is 5.57 Å². The van der Waals surface area contributed by atoms with Crippen molar-refractivity contribution >= 4 is 11.5 Å². The second-order valence-corrected chi connectivity index (χ2v) is 7.60. The largest absolute Gasteiger partial charge is 0.466 e. The summed E-state index contributed by atoms with van der Waals surface area (Å²) in [5, 5.41) is 0. The van der Waals surface area contributed by atoms with Gasteiger partial charge in [0.1, 0.15) is 5.83 Å². The number of aryl methyl sites for hydroxylation is 1. The molecule has 0 saturated heterocycles. The van der Waals surface area contributed by atoms with Crippen molar-refractivity contribution in [3.8, 4) is 0 Å². The van der Waals surface area contributed by atoms with Gasteiger partial charge in [-0.15, -0.1) is 0 Å². The van der Waals surface area contributed by atoms with E-state index in [4.69, 9.17) is 10.5 Å². The molecule has 1 saturated carbocycles. The van der Waals surface area contributed by atoms with Gasteiger partial charge < -0.3 is 10.5 Å². The van der Waals surface area contributed by atoms with Crippen molar-refractivity contribution in [1.29, 1.82) is 0 Å². The van der Waals surface area contributed by atoms with Crippen LogP contribution in [0.1, 0.15) is 44.2 Å². The highest BCUT2D eigenvalue weighted by molar-refractivity contribution is 5.81. The molecule has 1 fully saturated rings. The van der Waals surface area contributed by atoms with E-state index in [0.717, 1.165) is 18.4 Å². The highest BCUT2D eigenvalue weighted by Crippen LogP contribution is 2.54. The Morgan fingerprint density at radius 3 is 2.50 bits per heavy atom. The lowest BCUT2D eigenvalue weighted by Crippen LogP contribution is -2.55. The quantitative estimate of drug-likeness (QED) is 0.710. The van der Waals surface area contributed by atoms with Crippen molar-refractivity contribution < 1.29 is 22.7 Å². The van der Waals surface area contributed by atoms with E-state index in [1.54, 1.807) is 45.0 Å². The fourth-order valence-electron chi connectivity index (χ4n) is 4.00. The van der Waals surface area contributed by atoms with Gasteiger partial charge in [-0.2, -0.15) is 0 Å². The molecule has 1 aromatic rings. The van der Waals surface area contributed by atoms with Crippen LogP contribution < -0.4 is 5.73 Å². The molecule has 152 valence electrons. The topological polar surface area (TPSA) is 52.3 Å². The van der Waals surface area contributed by atoms with Gasteiger partial charge in [0.2, 0.25) is 5.67 Å². The van der Waals surface area contributed by atoms with Gasteiger partial charge in [0.25, 0.3) is 0 Å². The lowest BCUT2D eigenvalue weighted by molar-refractivity contribution is -0.144. The molecule has 0 bridgehead atoms. The van der Waals surface area contributed by atoms with Crippen LogP contribution in [0.3, 0.4) is 0 Å². The summed E-state index contributed by atoms with van der Waals surface area (Å²) >= 11 is 0. The molecule has 0 heterocycles. The summed E-state index contributed by atoms with van der Waals surface area (Å²) in [5.41, 5.74) is 4.82. The summed E-state index contributed by atoms with van der Waals surface area (Å²) < 4.78 is 51.9. The molecular formula is C22H26F3NO2. The first-order valence-corrected chi connectivity index (χ1v) is 9.64. The Balaban J connectivity index is 2.12. The summed E-state index contributed by atoms with van der Waals surface area (Å²) in [6.07, 6.45) is -1.47. The molecule has 0 amide bonds. The molecule has 28 heavy (non-hydrogen) atoms. The molecule has 3 nitrogen and oxygen atoms in total. The van der Waals surface area contributed by atoms with Crippen LogP contribution in [0.2, 0.25) is 0 Å². The van der Waals surface area contributed by atoms with Gasteiger partial charge in [0, 0.05) is 5.57 Å². The van der Waals surface area contributed by atoms with Gasteiger partial charge in [-0.05, 0) is 61.8 Å². The van der Waals surface area contributed by atoms with Crippen molar-refractivity contribution in [2.45, 2.75) is 57.9 Å². The monoisotopic (exact) mass is 393 g/mol. The lowest BCUT2D eigenvalue weighted by atomic mass is 9.72. The standard InChI is InChI=1S/C22H26F3NO2/c1-4-28-17(27)11-16(26)22(25)20(23)18(14-9-10-14)13(3)19(21(22)24)15-8-6-5-7-12(15)2/h5-8,14,16,21H,4,9-11,26H2,1-3H3/t16-,21?,22?/m0/s1. The zero-order valence-corrected chi connectivity index (χ0v) is 16.4. The van der Waals surface area contributed by atoms with Gasteiger partial charge in [-0.1, -0.05) is 24.3 Å². The van der Waals surface area contributed by atoms with Crippen LogP contribution in [0.4, 0.5) is 13.2 Å². The summed E-state index contributed by atoms with van der Waals surface area (Å²) in [5.74, 6) is -2.09. The SMILES string of the molecule is CCOC(=O)C[C@H](N)C1(F)C(F)=C(C2CC2)C(C)=C(c2ccccc2C)C1F. The molecule has 2 N–H and O–H groups in total. The normalized spacial score (nSPS) is 26.5. The smallest absolute Gasteiger partial charge is 0.307 e. The van der Waals surface area contributed by atoms with Crippen LogP contribution in [0.15, 0.2) is 41.2 Å². The number of hydrogen-bond acceptors (Lipinski definition) is 3. The highest BCUT2D eigenvalue weighted by atomic mass is 19.2. The molecule has 0 aromatic heterocycles. The maximum absolute atomic E-state index is 16.1. The molecule has 0 spiro atoms.